The number of carbonyl (C=O) groups is 1. The molecule has 0 saturated heterocycles. The largest absolute Gasteiger partial charge is 0.478 e. The zero-order valence-corrected chi connectivity index (χ0v) is 12.4. The number of thiophene rings is 1. The van der Waals surface area contributed by atoms with Crippen LogP contribution in [0.5, 0.6) is 0 Å². The number of benzene rings is 1. The van der Waals surface area contributed by atoms with Gasteiger partial charge in [-0.05, 0) is 35.7 Å². The third-order valence-electron chi connectivity index (χ3n) is 3.06. The number of hydrogen-bond acceptors (Lipinski definition) is 3. The average molecular weight is 316 g/mol. The molecule has 0 saturated carbocycles. The summed E-state index contributed by atoms with van der Waals surface area (Å²) >= 11 is 7.54. The van der Waals surface area contributed by atoms with Crippen LogP contribution in [0.4, 0.5) is 0 Å². The number of pyridine rings is 1. The molecule has 0 fully saturated rings. The number of hydrogen-bond donors (Lipinski definition) is 1. The molecule has 0 spiro atoms. The Morgan fingerprint density at radius 1 is 1.24 bits per heavy atom. The number of fused-ring (bicyclic) bond motifs is 1. The summed E-state index contributed by atoms with van der Waals surface area (Å²) in [6, 6.07) is 10.8. The van der Waals surface area contributed by atoms with Gasteiger partial charge in [-0.25, -0.2) is 4.79 Å². The van der Waals surface area contributed by atoms with E-state index < -0.39 is 5.97 Å². The van der Waals surface area contributed by atoms with Crippen molar-refractivity contribution in [1.29, 1.82) is 0 Å². The number of carboxylic acids is 1. The first-order valence-corrected chi connectivity index (χ1v) is 7.44. The molecule has 3 nitrogen and oxygen atoms in total. The highest BCUT2D eigenvalue weighted by molar-refractivity contribution is 7.11. The van der Waals surface area contributed by atoms with Crippen LogP contribution in [0.25, 0.3) is 22.6 Å². The van der Waals surface area contributed by atoms with Gasteiger partial charge in [0.2, 0.25) is 0 Å². The first kappa shape index (κ1) is 13.8. The lowest BCUT2D eigenvalue weighted by Gasteiger charge is -2.05. The van der Waals surface area contributed by atoms with Crippen molar-refractivity contribution in [3.05, 3.63) is 63.4 Å². The van der Waals surface area contributed by atoms with E-state index in [4.69, 9.17) is 11.6 Å². The van der Waals surface area contributed by atoms with Crippen LogP contribution in [0.3, 0.4) is 0 Å². The lowest BCUT2D eigenvalue weighted by atomic mass is 10.1. The molecule has 0 atom stereocenters. The second-order valence-corrected chi connectivity index (χ2v) is 5.73. The van der Waals surface area contributed by atoms with Gasteiger partial charge in [-0.1, -0.05) is 23.7 Å². The fourth-order valence-electron chi connectivity index (χ4n) is 2.10. The molecule has 0 radical (unpaired) electrons. The van der Waals surface area contributed by atoms with Gasteiger partial charge in [0.05, 0.1) is 16.1 Å². The molecule has 3 aromatic rings. The quantitative estimate of drug-likeness (QED) is 0.720. The Morgan fingerprint density at radius 2 is 2.10 bits per heavy atom. The second kappa shape index (κ2) is 5.68. The van der Waals surface area contributed by atoms with Gasteiger partial charge in [0, 0.05) is 22.0 Å². The molecule has 3 rings (SSSR count). The SMILES string of the molecule is O=C(O)/C(=C/c1ccc(Cl)c2cccnc12)c1cccs1. The smallest absolute Gasteiger partial charge is 0.337 e. The summed E-state index contributed by atoms with van der Waals surface area (Å²) in [4.78, 5) is 16.5. The number of halogens is 1. The molecule has 104 valence electrons. The van der Waals surface area contributed by atoms with Crippen molar-refractivity contribution in [2.45, 2.75) is 0 Å². The van der Waals surface area contributed by atoms with Gasteiger partial charge in [-0.15, -0.1) is 11.3 Å². The lowest BCUT2D eigenvalue weighted by molar-refractivity contribution is -0.130. The molecule has 1 aromatic carbocycles. The molecule has 0 aliphatic carbocycles. The van der Waals surface area contributed by atoms with Gasteiger partial charge in [-0.2, -0.15) is 0 Å². The van der Waals surface area contributed by atoms with Crippen molar-refractivity contribution >= 4 is 51.5 Å². The molecule has 21 heavy (non-hydrogen) atoms. The molecular formula is C16H10ClNO2S. The summed E-state index contributed by atoms with van der Waals surface area (Å²) in [5.74, 6) is -0.962. The van der Waals surface area contributed by atoms with Crippen LogP contribution in [0.15, 0.2) is 48.0 Å². The van der Waals surface area contributed by atoms with E-state index in [2.05, 4.69) is 4.98 Å². The Bertz CT molecular complexity index is 841. The monoisotopic (exact) mass is 315 g/mol. The highest BCUT2D eigenvalue weighted by Crippen LogP contribution is 2.29. The first-order valence-electron chi connectivity index (χ1n) is 6.19. The highest BCUT2D eigenvalue weighted by atomic mass is 35.5. The fraction of sp³-hybridized carbons (Fsp3) is 0. The highest BCUT2D eigenvalue weighted by Gasteiger charge is 2.13. The van der Waals surface area contributed by atoms with Crippen LogP contribution in [0.1, 0.15) is 10.4 Å². The van der Waals surface area contributed by atoms with Crippen molar-refractivity contribution in [2.75, 3.05) is 0 Å². The normalized spacial score (nSPS) is 11.8. The van der Waals surface area contributed by atoms with Gasteiger partial charge >= 0.3 is 5.97 Å². The summed E-state index contributed by atoms with van der Waals surface area (Å²) in [6.45, 7) is 0. The Balaban J connectivity index is 2.22. The van der Waals surface area contributed by atoms with Crippen LogP contribution in [0, 0.1) is 0 Å². The molecule has 2 aromatic heterocycles. The average Bonchev–Trinajstić information content (AvgIpc) is 3.00. The molecule has 0 amide bonds. The number of carboxylic acid groups (broad SMARTS) is 1. The van der Waals surface area contributed by atoms with E-state index >= 15 is 0 Å². The first-order chi connectivity index (χ1) is 10.2. The Labute approximate surface area is 130 Å². The third-order valence-corrected chi connectivity index (χ3v) is 4.30. The predicted molar refractivity (Wildman–Crippen MR) is 86.6 cm³/mol. The van der Waals surface area contributed by atoms with Gasteiger partial charge in [0.1, 0.15) is 0 Å². The molecule has 1 N–H and O–H groups in total. The minimum Gasteiger partial charge on any atom is -0.478 e. The van der Waals surface area contributed by atoms with Gasteiger partial charge < -0.3 is 5.11 Å². The minimum atomic E-state index is -0.962. The van der Waals surface area contributed by atoms with Crippen LogP contribution >= 0.6 is 22.9 Å². The minimum absolute atomic E-state index is 0.249. The van der Waals surface area contributed by atoms with E-state index in [1.54, 1.807) is 36.5 Å². The van der Waals surface area contributed by atoms with E-state index in [1.165, 1.54) is 11.3 Å². The molecule has 0 aliphatic heterocycles. The van der Waals surface area contributed by atoms with Crippen molar-refractivity contribution in [1.82, 2.24) is 4.98 Å². The zero-order chi connectivity index (χ0) is 14.8. The zero-order valence-electron chi connectivity index (χ0n) is 10.8. The van der Waals surface area contributed by atoms with E-state index in [9.17, 15) is 9.90 Å². The van der Waals surface area contributed by atoms with E-state index in [0.29, 0.717) is 15.4 Å². The second-order valence-electron chi connectivity index (χ2n) is 4.38. The van der Waals surface area contributed by atoms with E-state index in [0.717, 1.165) is 10.9 Å². The summed E-state index contributed by atoms with van der Waals surface area (Å²) in [6.07, 6.45) is 3.31. The topological polar surface area (TPSA) is 50.2 Å². The Kier molecular flexibility index (Phi) is 3.73. The Morgan fingerprint density at radius 3 is 2.81 bits per heavy atom. The molecule has 0 bridgehead atoms. The van der Waals surface area contributed by atoms with Crippen LogP contribution < -0.4 is 0 Å². The standard InChI is InChI=1S/C16H10ClNO2S/c17-13-6-5-10(15-11(13)3-1-7-18-15)9-12(16(19)20)14-4-2-8-21-14/h1-9H,(H,19,20)/b12-9+. The van der Waals surface area contributed by atoms with E-state index in [-0.39, 0.29) is 5.57 Å². The molecule has 2 heterocycles. The number of aliphatic carboxylic acids is 1. The van der Waals surface area contributed by atoms with Crippen molar-refractivity contribution in [3.8, 4) is 0 Å². The number of rotatable bonds is 3. The molecule has 0 unspecified atom stereocenters. The Hall–Kier alpha value is -2.17. The maximum Gasteiger partial charge on any atom is 0.337 e. The van der Waals surface area contributed by atoms with Crippen LogP contribution in [-0.4, -0.2) is 16.1 Å². The fourth-order valence-corrected chi connectivity index (χ4v) is 3.05. The van der Waals surface area contributed by atoms with Crippen LogP contribution in [-0.2, 0) is 4.79 Å². The summed E-state index contributed by atoms with van der Waals surface area (Å²) < 4.78 is 0. The maximum absolute atomic E-state index is 11.5. The summed E-state index contributed by atoms with van der Waals surface area (Å²) in [5.41, 5.74) is 1.68. The van der Waals surface area contributed by atoms with Crippen LogP contribution in [0.2, 0.25) is 5.02 Å². The number of nitrogens with zero attached hydrogens (tertiary/aromatic N) is 1. The summed E-state index contributed by atoms with van der Waals surface area (Å²) in [7, 11) is 0. The summed E-state index contributed by atoms with van der Waals surface area (Å²) in [5, 5.41) is 12.7. The molecule has 5 heteroatoms. The molecule has 0 aliphatic rings. The van der Waals surface area contributed by atoms with Crippen molar-refractivity contribution < 1.29 is 9.90 Å². The third kappa shape index (κ3) is 2.68. The van der Waals surface area contributed by atoms with E-state index in [1.807, 2.05) is 17.5 Å². The maximum atomic E-state index is 11.5. The van der Waals surface area contributed by atoms with Gasteiger partial charge in [0.25, 0.3) is 0 Å². The predicted octanol–water partition coefficient (Wildman–Crippen LogP) is 4.57. The van der Waals surface area contributed by atoms with Crippen molar-refractivity contribution in [3.63, 3.8) is 0 Å². The van der Waals surface area contributed by atoms with Crippen molar-refractivity contribution in [2.24, 2.45) is 0 Å². The van der Waals surface area contributed by atoms with Gasteiger partial charge in [0.15, 0.2) is 0 Å². The number of aromatic nitrogens is 1. The molecular weight excluding hydrogens is 306 g/mol. The van der Waals surface area contributed by atoms with Gasteiger partial charge in [-0.3, -0.25) is 4.98 Å². The lowest BCUT2D eigenvalue weighted by Crippen LogP contribution is -1.98.